The van der Waals surface area contributed by atoms with Gasteiger partial charge in [-0.25, -0.2) is 9.59 Å². The average molecular weight is 433 g/mol. The van der Waals surface area contributed by atoms with Crippen LogP contribution in [0.25, 0.3) is 10.9 Å². The predicted molar refractivity (Wildman–Crippen MR) is 117 cm³/mol. The van der Waals surface area contributed by atoms with Gasteiger partial charge in [0.05, 0.1) is 29.3 Å². The monoisotopic (exact) mass is 433 g/mol. The van der Waals surface area contributed by atoms with Crippen molar-refractivity contribution >= 4 is 28.5 Å². The van der Waals surface area contributed by atoms with Crippen LogP contribution in [0.4, 0.5) is 5.69 Å². The summed E-state index contributed by atoms with van der Waals surface area (Å²) in [6.45, 7) is 0.117. The van der Waals surface area contributed by atoms with Crippen molar-refractivity contribution in [1.82, 2.24) is 9.55 Å². The summed E-state index contributed by atoms with van der Waals surface area (Å²) in [6.07, 6.45) is 1.67. The Morgan fingerprint density at radius 2 is 1.88 bits per heavy atom. The minimum absolute atomic E-state index is 0.0144. The number of nitrogens with one attached hydrogen (secondary N) is 2. The molecule has 0 saturated carbocycles. The van der Waals surface area contributed by atoms with Crippen molar-refractivity contribution in [2.75, 3.05) is 11.9 Å². The summed E-state index contributed by atoms with van der Waals surface area (Å²) in [5.74, 6) is -0.873. The quantitative estimate of drug-likeness (QED) is 0.341. The summed E-state index contributed by atoms with van der Waals surface area (Å²) in [7, 11) is 0. The van der Waals surface area contributed by atoms with Crippen LogP contribution in [0.15, 0.2) is 80.9 Å². The molecule has 0 atom stereocenters. The molecule has 2 heterocycles. The van der Waals surface area contributed by atoms with Crippen LogP contribution in [0.3, 0.4) is 0 Å². The molecule has 0 aliphatic heterocycles. The number of carbonyl (C=O) groups is 2. The number of aromatic amines is 1. The van der Waals surface area contributed by atoms with Gasteiger partial charge in [0, 0.05) is 12.2 Å². The number of benzene rings is 2. The number of fused-ring (bicyclic) bond motifs is 1. The molecule has 0 aliphatic rings. The highest BCUT2D eigenvalue weighted by molar-refractivity contribution is 6.03. The standard InChI is InChI=1S/C23H19N3O6/c27-20(19-10-4-12-31-19)24-16-7-3-6-15(14-16)22(29)32-13-5-11-26-21(28)17-8-1-2-9-18(17)25-23(26)30/h1-4,6-10,12,14H,5,11,13H2,(H,24,27)(H,25,30). The lowest BCUT2D eigenvalue weighted by Crippen LogP contribution is -2.35. The molecule has 0 bridgehead atoms. The number of hydrogen-bond acceptors (Lipinski definition) is 6. The molecule has 0 unspecified atom stereocenters. The van der Waals surface area contributed by atoms with E-state index in [1.807, 2.05) is 0 Å². The first-order valence-corrected chi connectivity index (χ1v) is 9.87. The molecule has 0 fully saturated rings. The van der Waals surface area contributed by atoms with Crippen LogP contribution >= 0.6 is 0 Å². The number of furan rings is 1. The fraction of sp³-hybridized carbons (Fsp3) is 0.130. The predicted octanol–water partition coefficient (Wildman–Crippen LogP) is 2.78. The highest BCUT2D eigenvalue weighted by atomic mass is 16.5. The first-order chi connectivity index (χ1) is 15.5. The maximum Gasteiger partial charge on any atom is 0.338 e. The molecule has 1 amide bonds. The molecule has 2 aromatic carbocycles. The van der Waals surface area contributed by atoms with Crippen LogP contribution in [0.2, 0.25) is 0 Å². The number of para-hydroxylation sites is 1. The Labute approximate surface area is 181 Å². The molecule has 0 aliphatic carbocycles. The van der Waals surface area contributed by atoms with Gasteiger partial charge < -0.3 is 19.5 Å². The van der Waals surface area contributed by atoms with Gasteiger partial charge in [0.15, 0.2) is 5.76 Å². The summed E-state index contributed by atoms with van der Waals surface area (Å²) in [4.78, 5) is 51.7. The summed E-state index contributed by atoms with van der Waals surface area (Å²) >= 11 is 0. The number of esters is 1. The van der Waals surface area contributed by atoms with Gasteiger partial charge in [0.2, 0.25) is 0 Å². The first-order valence-electron chi connectivity index (χ1n) is 9.87. The molecular formula is C23H19N3O6. The number of H-pyrrole nitrogens is 1. The van der Waals surface area contributed by atoms with Crippen molar-refractivity contribution in [1.29, 1.82) is 0 Å². The number of nitrogens with zero attached hydrogens (tertiary/aromatic N) is 1. The average Bonchev–Trinajstić information content (AvgIpc) is 3.34. The van der Waals surface area contributed by atoms with Gasteiger partial charge in [0.25, 0.3) is 11.5 Å². The number of rotatable bonds is 7. The van der Waals surface area contributed by atoms with Crippen LogP contribution < -0.4 is 16.6 Å². The summed E-state index contributed by atoms with van der Waals surface area (Å²) in [5.41, 5.74) is 0.234. The normalized spacial score (nSPS) is 10.8. The number of carbonyl (C=O) groups excluding carboxylic acids is 2. The molecule has 4 rings (SSSR count). The fourth-order valence-corrected chi connectivity index (χ4v) is 3.20. The third kappa shape index (κ3) is 4.51. The van der Waals surface area contributed by atoms with Gasteiger partial charge in [-0.1, -0.05) is 18.2 Å². The Balaban J connectivity index is 1.35. The van der Waals surface area contributed by atoms with E-state index in [4.69, 9.17) is 9.15 Å². The molecule has 32 heavy (non-hydrogen) atoms. The summed E-state index contributed by atoms with van der Waals surface area (Å²) < 4.78 is 11.4. The van der Waals surface area contributed by atoms with Crippen LogP contribution in [0, 0.1) is 0 Å². The molecular weight excluding hydrogens is 414 g/mol. The van der Waals surface area contributed by atoms with E-state index in [-0.39, 0.29) is 30.9 Å². The summed E-state index contributed by atoms with van der Waals surface area (Å²) in [6, 6.07) is 16.2. The first kappa shape index (κ1) is 20.9. The lowest BCUT2D eigenvalue weighted by Gasteiger charge is -2.09. The van der Waals surface area contributed by atoms with E-state index < -0.39 is 23.1 Å². The zero-order chi connectivity index (χ0) is 22.5. The van der Waals surface area contributed by atoms with E-state index in [0.29, 0.717) is 16.6 Å². The van der Waals surface area contributed by atoms with Gasteiger partial charge in [0.1, 0.15) is 0 Å². The molecule has 2 aromatic heterocycles. The number of hydrogen-bond donors (Lipinski definition) is 2. The van der Waals surface area contributed by atoms with Crippen molar-refractivity contribution in [3.63, 3.8) is 0 Å². The lowest BCUT2D eigenvalue weighted by atomic mass is 10.2. The van der Waals surface area contributed by atoms with Crippen molar-refractivity contribution in [3.05, 3.63) is 99.1 Å². The minimum atomic E-state index is -0.584. The molecule has 2 N–H and O–H groups in total. The Morgan fingerprint density at radius 1 is 1.03 bits per heavy atom. The maximum absolute atomic E-state index is 12.5. The van der Waals surface area contributed by atoms with Gasteiger partial charge >= 0.3 is 11.7 Å². The number of ether oxygens (including phenoxy) is 1. The Morgan fingerprint density at radius 3 is 2.69 bits per heavy atom. The Bertz CT molecular complexity index is 1380. The van der Waals surface area contributed by atoms with E-state index in [2.05, 4.69) is 10.3 Å². The zero-order valence-corrected chi connectivity index (χ0v) is 16.9. The zero-order valence-electron chi connectivity index (χ0n) is 16.9. The van der Waals surface area contributed by atoms with Crippen molar-refractivity contribution < 1.29 is 18.7 Å². The molecule has 9 nitrogen and oxygen atoms in total. The molecule has 162 valence electrons. The Hall–Kier alpha value is -4.40. The maximum atomic E-state index is 12.5. The highest BCUT2D eigenvalue weighted by Gasteiger charge is 2.12. The van der Waals surface area contributed by atoms with Crippen molar-refractivity contribution in [2.45, 2.75) is 13.0 Å². The molecule has 4 aromatic rings. The van der Waals surface area contributed by atoms with Crippen molar-refractivity contribution in [2.24, 2.45) is 0 Å². The fourth-order valence-electron chi connectivity index (χ4n) is 3.20. The molecule has 0 radical (unpaired) electrons. The van der Waals surface area contributed by atoms with Gasteiger partial charge in [-0.15, -0.1) is 0 Å². The topological polar surface area (TPSA) is 123 Å². The second-order valence-electron chi connectivity index (χ2n) is 6.93. The van der Waals surface area contributed by atoms with Crippen LogP contribution in [0.5, 0.6) is 0 Å². The number of amides is 1. The van der Waals surface area contributed by atoms with E-state index in [0.717, 1.165) is 4.57 Å². The van der Waals surface area contributed by atoms with Crippen LogP contribution in [0.1, 0.15) is 27.3 Å². The van der Waals surface area contributed by atoms with Crippen molar-refractivity contribution in [3.8, 4) is 0 Å². The van der Waals surface area contributed by atoms with E-state index in [1.165, 1.54) is 18.4 Å². The molecule has 0 saturated heterocycles. The van der Waals surface area contributed by atoms with Gasteiger partial charge in [-0.3, -0.25) is 14.2 Å². The number of aromatic nitrogens is 2. The van der Waals surface area contributed by atoms with E-state index in [1.54, 1.807) is 48.5 Å². The molecule has 0 spiro atoms. The third-order valence-corrected chi connectivity index (χ3v) is 4.75. The number of anilines is 1. The van der Waals surface area contributed by atoms with Crippen LogP contribution in [-0.2, 0) is 11.3 Å². The second kappa shape index (κ2) is 9.17. The van der Waals surface area contributed by atoms with E-state index in [9.17, 15) is 19.2 Å². The minimum Gasteiger partial charge on any atom is -0.462 e. The largest absolute Gasteiger partial charge is 0.462 e. The van der Waals surface area contributed by atoms with Gasteiger partial charge in [-0.05, 0) is 48.9 Å². The SMILES string of the molecule is O=C(OCCCn1c(=O)[nH]c2ccccc2c1=O)c1cccc(NC(=O)c2ccco2)c1. The Kier molecular flexibility index (Phi) is 5.98. The van der Waals surface area contributed by atoms with Crippen LogP contribution in [-0.4, -0.2) is 28.0 Å². The molecule has 9 heteroatoms. The second-order valence-corrected chi connectivity index (χ2v) is 6.93. The van der Waals surface area contributed by atoms with E-state index >= 15 is 0 Å². The highest BCUT2D eigenvalue weighted by Crippen LogP contribution is 2.14. The third-order valence-electron chi connectivity index (χ3n) is 4.75. The smallest absolute Gasteiger partial charge is 0.338 e. The van der Waals surface area contributed by atoms with Gasteiger partial charge in [-0.2, -0.15) is 0 Å². The lowest BCUT2D eigenvalue weighted by molar-refractivity contribution is 0.0495. The summed E-state index contributed by atoms with van der Waals surface area (Å²) in [5, 5.41) is 3.05.